The van der Waals surface area contributed by atoms with Gasteiger partial charge in [-0.25, -0.2) is 0 Å². The molecule has 0 spiro atoms. The number of benzene rings is 1. The second-order valence-electron chi connectivity index (χ2n) is 3.38. The molecule has 3 heteroatoms. The molecule has 0 radical (unpaired) electrons. The molecule has 0 fully saturated rings. The Morgan fingerprint density at radius 3 is 3.15 bits per heavy atom. The number of hydrogen-bond donors (Lipinski definition) is 1. The Hall–Kier alpha value is -1.35. The number of nitrogens with one attached hydrogen (secondary N) is 1. The normalized spacial score (nSPS) is 16.1. The lowest BCUT2D eigenvalue weighted by Gasteiger charge is -2.26. The van der Waals surface area contributed by atoms with Crippen LogP contribution < -0.4 is 5.32 Å². The highest BCUT2D eigenvalue weighted by Gasteiger charge is 2.11. The number of anilines is 1. The number of aldehydes is 1. The molecule has 0 atom stereocenters. The van der Waals surface area contributed by atoms with Crippen molar-refractivity contribution in [2.75, 3.05) is 19.0 Å². The standard InChI is InChI=1S/C10H12N2O/c1-12-5-9-4-8(6-13)2-3-10(9)11-7-12/h2-4,6,11H,5,7H2,1H3. The highest BCUT2D eigenvalue weighted by Crippen LogP contribution is 2.21. The zero-order valence-corrected chi connectivity index (χ0v) is 7.58. The molecule has 1 aromatic carbocycles. The Bertz CT molecular complexity index is 336. The topological polar surface area (TPSA) is 32.3 Å². The molecule has 1 aromatic rings. The molecule has 2 rings (SSSR count). The van der Waals surface area contributed by atoms with Gasteiger partial charge in [0.25, 0.3) is 0 Å². The smallest absolute Gasteiger partial charge is 0.150 e. The number of carbonyl (C=O) groups excluding carboxylic acids is 1. The number of nitrogens with zero attached hydrogens (tertiary/aromatic N) is 1. The predicted molar refractivity (Wildman–Crippen MR) is 51.8 cm³/mol. The van der Waals surface area contributed by atoms with Crippen molar-refractivity contribution in [1.29, 1.82) is 0 Å². The Morgan fingerprint density at radius 2 is 2.38 bits per heavy atom. The Labute approximate surface area is 77.4 Å². The van der Waals surface area contributed by atoms with Crippen LogP contribution in [0, 0.1) is 0 Å². The molecule has 0 aromatic heterocycles. The lowest BCUT2D eigenvalue weighted by molar-refractivity contribution is 0.112. The van der Waals surface area contributed by atoms with Crippen LogP contribution in [0.3, 0.4) is 0 Å². The molecule has 13 heavy (non-hydrogen) atoms. The van der Waals surface area contributed by atoms with E-state index in [2.05, 4.69) is 10.2 Å². The fraction of sp³-hybridized carbons (Fsp3) is 0.300. The van der Waals surface area contributed by atoms with Crippen LogP contribution >= 0.6 is 0 Å². The van der Waals surface area contributed by atoms with Crippen molar-refractivity contribution in [2.24, 2.45) is 0 Å². The average molecular weight is 176 g/mol. The molecule has 1 N–H and O–H groups in total. The summed E-state index contributed by atoms with van der Waals surface area (Å²) in [6, 6.07) is 5.74. The van der Waals surface area contributed by atoms with E-state index in [1.807, 2.05) is 25.2 Å². The van der Waals surface area contributed by atoms with Crippen LogP contribution in [0.25, 0.3) is 0 Å². The molecule has 0 aliphatic carbocycles. The summed E-state index contributed by atoms with van der Waals surface area (Å²) < 4.78 is 0. The van der Waals surface area contributed by atoms with Crippen LogP contribution in [0.5, 0.6) is 0 Å². The van der Waals surface area contributed by atoms with Crippen LogP contribution in [0.4, 0.5) is 5.69 Å². The first-order chi connectivity index (χ1) is 6.29. The van der Waals surface area contributed by atoms with Gasteiger partial charge in [0, 0.05) is 17.8 Å². The van der Waals surface area contributed by atoms with E-state index in [1.54, 1.807) is 0 Å². The SMILES string of the molecule is CN1CNc2ccc(C=O)cc2C1. The second kappa shape index (κ2) is 3.18. The summed E-state index contributed by atoms with van der Waals surface area (Å²) in [5.41, 5.74) is 3.08. The van der Waals surface area contributed by atoms with Crippen LogP contribution in [0.1, 0.15) is 15.9 Å². The summed E-state index contributed by atoms with van der Waals surface area (Å²) in [6.07, 6.45) is 0.884. The average Bonchev–Trinajstić information content (AvgIpc) is 2.16. The van der Waals surface area contributed by atoms with Crippen LogP contribution in [0.15, 0.2) is 18.2 Å². The quantitative estimate of drug-likeness (QED) is 0.655. The van der Waals surface area contributed by atoms with Crippen molar-refractivity contribution in [2.45, 2.75) is 6.54 Å². The van der Waals surface area contributed by atoms with Crippen molar-refractivity contribution in [1.82, 2.24) is 4.90 Å². The third-order valence-electron chi connectivity index (χ3n) is 2.25. The largest absolute Gasteiger partial charge is 0.372 e. The Balaban J connectivity index is 2.38. The van der Waals surface area contributed by atoms with Crippen molar-refractivity contribution in [3.8, 4) is 0 Å². The van der Waals surface area contributed by atoms with Gasteiger partial charge in [0.15, 0.2) is 0 Å². The third-order valence-corrected chi connectivity index (χ3v) is 2.25. The molecule has 0 unspecified atom stereocenters. The van der Waals surface area contributed by atoms with Crippen LogP contribution in [0.2, 0.25) is 0 Å². The summed E-state index contributed by atoms with van der Waals surface area (Å²) in [5.74, 6) is 0. The van der Waals surface area contributed by atoms with Crippen molar-refractivity contribution >= 4 is 12.0 Å². The molecule has 1 heterocycles. The number of hydrogen-bond acceptors (Lipinski definition) is 3. The van der Waals surface area contributed by atoms with E-state index in [4.69, 9.17) is 0 Å². The third kappa shape index (κ3) is 1.55. The van der Waals surface area contributed by atoms with Crippen LogP contribution in [-0.4, -0.2) is 24.9 Å². The fourth-order valence-corrected chi connectivity index (χ4v) is 1.56. The zero-order chi connectivity index (χ0) is 9.26. The Kier molecular flexibility index (Phi) is 2.02. The van der Waals surface area contributed by atoms with Crippen molar-refractivity contribution in [3.05, 3.63) is 29.3 Å². The summed E-state index contributed by atoms with van der Waals surface area (Å²) in [7, 11) is 2.05. The van der Waals surface area contributed by atoms with E-state index in [9.17, 15) is 4.79 Å². The van der Waals surface area contributed by atoms with Gasteiger partial charge < -0.3 is 5.32 Å². The van der Waals surface area contributed by atoms with Gasteiger partial charge in [-0.2, -0.15) is 0 Å². The van der Waals surface area contributed by atoms with Gasteiger partial charge in [0.05, 0.1) is 6.67 Å². The molecular formula is C10H12N2O. The molecule has 0 saturated carbocycles. The fourth-order valence-electron chi connectivity index (χ4n) is 1.56. The molecule has 0 saturated heterocycles. The van der Waals surface area contributed by atoms with Gasteiger partial charge in [-0.3, -0.25) is 9.69 Å². The maximum atomic E-state index is 10.5. The minimum atomic E-state index is 0.746. The zero-order valence-electron chi connectivity index (χ0n) is 7.58. The molecule has 1 aliphatic heterocycles. The molecule has 0 amide bonds. The molecule has 1 aliphatic rings. The number of carbonyl (C=O) groups is 1. The predicted octanol–water partition coefficient (Wildman–Crippen LogP) is 1.31. The molecule has 68 valence electrons. The number of rotatable bonds is 1. The van der Waals surface area contributed by atoms with Gasteiger partial charge in [0.2, 0.25) is 0 Å². The van der Waals surface area contributed by atoms with Crippen molar-refractivity contribution < 1.29 is 4.79 Å². The van der Waals surface area contributed by atoms with E-state index < -0.39 is 0 Å². The Morgan fingerprint density at radius 1 is 1.54 bits per heavy atom. The first-order valence-corrected chi connectivity index (χ1v) is 4.30. The maximum absolute atomic E-state index is 10.5. The van der Waals surface area contributed by atoms with E-state index >= 15 is 0 Å². The summed E-state index contributed by atoms with van der Waals surface area (Å²) in [6.45, 7) is 1.78. The molecule has 3 nitrogen and oxygen atoms in total. The molecule has 0 bridgehead atoms. The maximum Gasteiger partial charge on any atom is 0.150 e. The monoisotopic (exact) mass is 176 g/mol. The minimum Gasteiger partial charge on any atom is -0.372 e. The summed E-state index contributed by atoms with van der Waals surface area (Å²) >= 11 is 0. The minimum absolute atomic E-state index is 0.746. The van der Waals surface area contributed by atoms with Gasteiger partial charge in [-0.1, -0.05) is 0 Å². The first-order valence-electron chi connectivity index (χ1n) is 4.30. The van der Waals surface area contributed by atoms with Gasteiger partial charge >= 0.3 is 0 Å². The lowest BCUT2D eigenvalue weighted by Crippen LogP contribution is -2.29. The van der Waals surface area contributed by atoms with Gasteiger partial charge in [-0.05, 0) is 30.8 Å². The van der Waals surface area contributed by atoms with Crippen molar-refractivity contribution in [3.63, 3.8) is 0 Å². The number of fused-ring (bicyclic) bond motifs is 1. The van der Waals surface area contributed by atoms with E-state index in [0.717, 1.165) is 30.8 Å². The highest BCUT2D eigenvalue weighted by molar-refractivity contribution is 5.77. The van der Waals surface area contributed by atoms with Crippen LogP contribution in [-0.2, 0) is 6.54 Å². The van der Waals surface area contributed by atoms with Gasteiger partial charge in [-0.15, -0.1) is 0 Å². The van der Waals surface area contributed by atoms with E-state index in [-0.39, 0.29) is 0 Å². The molecular weight excluding hydrogens is 164 g/mol. The summed E-state index contributed by atoms with van der Waals surface area (Å²) in [5, 5.41) is 3.27. The first kappa shape index (κ1) is 8.26. The highest BCUT2D eigenvalue weighted by atomic mass is 16.1. The van der Waals surface area contributed by atoms with E-state index in [0.29, 0.717) is 0 Å². The van der Waals surface area contributed by atoms with Gasteiger partial charge in [0.1, 0.15) is 6.29 Å². The lowest BCUT2D eigenvalue weighted by atomic mass is 10.1. The van der Waals surface area contributed by atoms with E-state index in [1.165, 1.54) is 5.56 Å². The second-order valence-corrected chi connectivity index (χ2v) is 3.38. The summed E-state index contributed by atoms with van der Waals surface area (Å²) in [4.78, 5) is 12.7.